The number of amides is 2. The Morgan fingerprint density at radius 1 is 1.09 bits per heavy atom. The summed E-state index contributed by atoms with van der Waals surface area (Å²) in [4.78, 5) is 27.2. The summed E-state index contributed by atoms with van der Waals surface area (Å²) in [6.45, 7) is 2.62. The van der Waals surface area contributed by atoms with Crippen molar-refractivity contribution in [3.63, 3.8) is 0 Å². The number of aromatic nitrogens is 2. The third kappa shape index (κ3) is 4.67. The Morgan fingerprint density at radius 3 is 2.35 bits per heavy atom. The molecule has 3 aromatic rings. The second-order valence-corrected chi connectivity index (χ2v) is 8.75. The summed E-state index contributed by atoms with van der Waals surface area (Å²) < 4.78 is 15.9. The van der Waals surface area contributed by atoms with E-state index in [0.717, 1.165) is 12.1 Å². The zero-order valence-corrected chi connectivity index (χ0v) is 20.3. The average molecular weight is 483 g/mol. The highest BCUT2D eigenvalue weighted by molar-refractivity contribution is 7.15. The van der Waals surface area contributed by atoms with E-state index in [1.54, 1.807) is 17.0 Å². The molecule has 0 aliphatic carbocycles. The largest absolute Gasteiger partial charge is 0.493 e. The lowest BCUT2D eigenvalue weighted by Crippen LogP contribution is -2.24. The van der Waals surface area contributed by atoms with Crippen LogP contribution in [0.1, 0.15) is 40.2 Å². The molecule has 1 N–H and O–H groups in total. The number of ether oxygens (including phenoxy) is 3. The summed E-state index contributed by atoms with van der Waals surface area (Å²) >= 11 is 1.27. The first kappa shape index (κ1) is 23.5. The molecule has 1 aromatic heterocycles. The van der Waals surface area contributed by atoms with Crippen LogP contribution in [0.5, 0.6) is 17.2 Å². The predicted octanol–water partition coefficient (Wildman–Crippen LogP) is 3.90. The average Bonchev–Trinajstić information content (AvgIpc) is 3.49. The molecule has 0 unspecified atom stereocenters. The smallest absolute Gasteiger partial charge is 0.257 e. The Labute approximate surface area is 201 Å². The van der Waals surface area contributed by atoms with Crippen LogP contribution in [0.25, 0.3) is 0 Å². The van der Waals surface area contributed by atoms with Crippen molar-refractivity contribution in [3.8, 4) is 17.2 Å². The minimum Gasteiger partial charge on any atom is -0.493 e. The van der Waals surface area contributed by atoms with Gasteiger partial charge in [0.05, 0.1) is 21.3 Å². The van der Waals surface area contributed by atoms with E-state index < -0.39 is 0 Å². The molecule has 9 nitrogen and oxygen atoms in total. The normalized spacial score (nSPS) is 15.4. The molecule has 34 heavy (non-hydrogen) atoms. The van der Waals surface area contributed by atoms with E-state index in [4.69, 9.17) is 14.2 Å². The second-order valence-electron chi connectivity index (χ2n) is 7.74. The van der Waals surface area contributed by atoms with Gasteiger partial charge in [-0.1, -0.05) is 30.4 Å². The Morgan fingerprint density at radius 2 is 1.76 bits per heavy atom. The van der Waals surface area contributed by atoms with E-state index in [-0.39, 0.29) is 17.7 Å². The first-order valence-corrected chi connectivity index (χ1v) is 11.6. The van der Waals surface area contributed by atoms with Crippen molar-refractivity contribution in [2.45, 2.75) is 25.7 Å². The van der Waals surface area contributed by atoms with Crippen LogP contribution < -0.4 is 24.4 Å². The lowest BCUT2D eigenvalue weighted by Gasteiger charge is -2.16. The van der Waals surface area contributed by atoms with Gasteiger partial charge in [0, 0.05) is 30.1 Å². The van der Waals surface area contributed by atoms with Gasteiger partial charge in [-0.2, -0.15) is 0 Å². The Kier molecular flexibility index (Phi) is 6.97. The van der Waals surface area contributed by atoms with Gasteiger partial charge in [-0.15, -0.1) is 10.2 Å². The topological polar surface area (TPSA) is 103 Å². The van der Waals surface area contributed by atoms with Crippen molar-refractivity contribution >= 4 is 34.0 Å². The van der Waals surface area contributed by atoms with Gasteiger partial charge in [0.1, 0.15) is 5.01 Å². The number of benzene rings is 2. The Hall–Kier alpha value is -3.66. The summed E-state index contributed by atoms with van der Waals surface area (Å²) in [5.41, 5.74) is 2.43. The maximum Gasteiger partial charge on any atom is 0.257 e. The minimum absolute atomic E-state index is 0.0486. The monoisotopic (exact) mass is 482 g/mol. The SMILES string of the molecule is CCc1ccc(N2C[C@@H](c3nnc(NC(=O)c4cc(OC)c(OC)c(OC)c4)s3)CC2=O)cc1. The minimum atomic E-state index is -0.387. The van der Waals surface area contributed by atoms with Gasteiger partial charge in [0.2, 0.25) is 16.8 Å². The molecule has 2 amide bonds. The first-order chi connectivity index (χ1) is 16.5. The molecule has 1 saturated heterocycles. The summed E-state index contributed by atoms with van der Waals surface area (Å²) in [5, 5.41) is 12.2. The van der Waals surface area contributed by atoms with Crippen molar-refractivity contribution in [1.29, 1.82) is 0 Å². The van der Waals surface area contributed by atoms with Crippen LogP contribution in [0.3, 0.4) is 0 Å². The molecule has 0 bridgehead atoms. The lowest BCUT2D eigenvalue weighted by atomic mass is 10.1. The summed E-state index contributed by atoms with van der Waals surface area (Å²) in [5.74, 6) is 0.736. The molecule has 2 heterocycles. The number of carbonyl (C=O) groups excluding carboxylic acids is 2. The van der Waals surface area contributed by atoms with Gasteiger partial charge in [-0.25, -0.2) is 0 Å². The molecule has 10 heteroatoms. The fourth-order valence-corrected chi connectivity index (χ4v) is 4.70. The summed E-state index contributed by atoms with van der Waals surface area (Å²) in [6.07, 6.45) is 1.30. The maximum atomic E-state index is 12.8. The van der Waals surface area contributed by atoms with E-state index in [0.29, 0.717) is 45.9 Å². The molecule has 1 aliphatic rings. The first-order valence-electron chi connectivity index (χ1n) is 10.8. The number of nitrogens with one attached hydrogen (secondary N) is 1. The van der Waals surface area contributed by atoms with Crippen molar-refractivity contribution in [3.05, 3.63) is 52.5 Å². The summed E-state index contributed by atoms with van der Waals surface area (Å²) in [6, 6.07) is 11.2. The Balaban J connectivity index is 1.46. The van der Waals surface area contributed by atoms with Gasteiger partial charge in [-0.05, 0) is 36.2 Å². The van der Waals surface area contributed by atoms with Crippen LogP contribution in [-0.4, -0.2) is 49.9 Å². The van der Waals surface area contributed by atoms with Crippen LogP contribution >= 0.6 is 11.3 Å². The zero-order chi connectivity index (χ0) is 24.2. The second kappa shape index (κ2) is 10.1. The number of hydrogen-bond acceptors (Lipinski definition) is 8. The van der Waals surface area contributed by atoms with Crippen LogP contribution in [0.4, 0.5) is 10.8 Å². The number of aryl methyl sites for hydroxylation is 1. The van der Waals surface area contributed by atoms with Crippen LogP contribution in [0.15, 0.2) is 36.4 Å². The van der Waals surface area contributed by atoms with Gasteiger partial charge in [-0.3, -0.25) is 14.9 Å². The number of anilines is 2. The van der Waals surface area contributed by atoms with Crippen LogP contribution in [-0.2, 0) is 11.2 Å². The molecule has 178 valence electrons. The molecule has 2 aromatic carbocycles. The standard InChI is InChI=1S/C24H26N4O5S/c1-5-14-6-8-17(9-7-14)28-13-16(12-20(28)29)23-26-27-24(34-23)25-22(30)15-10-18(31-2)21(33-4)19(11-15)32-3/h6-11,16H,5,12-13H2,1-4H3,(H,25,27,30)/t16-/m0/s1. The van der Waals surface area contributed by atoms with Crippen molar-refractivity contribution in [2.24, 2.45) is 0 Å². The molecule has 0 spiro atoms. The molecule has 1 atom stereocenters. The van der Waals surface area contributed by atoms with Gasteiger partial charge < -0.3 is 19.1 Å². The van der Waals surface area contributed by atoms with E-state index in [1.165, 1.54) is 38.2 Å². The number of carbonyl (C=O) groups is 2. The molecule has 4 rings (SSSR count). The number of nitrogens with zero attached hydrogens (tertiary/aromatic N) is 3. The van der Waals surface area contributed by atoms with E-state index >= 15 is 0 Å². The fourth-order valence-electron chi connectivity index (χ4n) is 3.87. The van der Waals surface area contributed by atoms with Gasteiger partial charge in [0.15, 0.2) is 11.5 Å². The number of rotatable bonds is 8. The van der Waals surface area contributed by atoms with Crippen molar-refractivity contribution < 1.29 is 23.8 Å². The van der Waals surface area contributed by atoms with Crippen LogP contribution in [0.2, 0.25) is 0 Å². The maximum absolute atomic E-state index is 12.8. The fraction of sp³-hybridized carbons (Fsp3) is 0.333. The Bertz CT molecular complexity index is 1170. The van der Waals surface area contributed by atoms with Gasteiger partial charge >= 0.3 is 0 Å². The van der Waals surface area contributed by atoms with E-state index in [9.17, 15) is 9.59 Å². The molecular formula is C24H26N4O5S. The van der Waals surface area contributed by atoms with Crippen molar-refractivity contribution in [1.82, 2.24) is 10.2 Å². The molecule has 1 fully saturated rings. The molecule has 0 radical (unpaired) electrons. The molecule has 0 saturated carbocycles. The molecule has 1 aliphatic heterocycles. The van der Waals surface area contributed by atoms with Crippen LogP contribution in [0, 0.1) is 0 Å². The highest BCUT2D eigenvalue weighted by Gasteiger charge is 2.34. The third-order valence-corrected chi connectivity index (χ3v) is 6.72. The highest BCUT2D eigenvalue weighted by atomic mass is 32.1. The highest BCUT2D eigenvalue weighted by Crippen LogP contribution is 2.39. The quantitative estimate of drug-likeness (QED) is 0.519. The summed E-state index contributed by atoms with van der Waals surface area (Å²) in [7, 11) is 4.47. The van der Waals surface area contributed by atoms with E-state index in [2.05, 4.69) is 22.4 Å². The van der Waals surface area contributed by atoms with Crippen molar-refractivity contribution in [2.75, 3.05) is 38.1 Å². The number of methoxy groups -OCH3 is 3. The van der Waals surface area contributed by atoms with Gasteiger partial charge in [0.25, 0.3) is 5.91 Å². The molecular weight excluding hydrogens is 456 g/mol. The predicted molar refractivity (Wildman–Crippen MR) is 129 cm³/mol. The van der Waals surface area contributed by atoms with E-state index in [1.807, 2.05) is 24.3 Å². The number of hydrogen-bond donors (Lipinski definition) is 1. The third-order valence-electron chi connectivity index (χ3n) is 5.72. The lowest BCUT2D eigenvalue weighted by molar-refractivity contribution is -0.117. The zero-order valence-electron chi connectivity index (χ0n) is 19.5.